The quantitative estimate of drug-likeness (QED) is 0.673. The van der Waals surface area contributed by atoms with E-state index in [4.69, 9.17) is 0 Å². The molecule has 1 atom stereocenters. The minimum atomic E-state index is -0.681. The van der Waals surface area contributed by atoms with E-state index in [0.717, 1.165) is 6.07 Å². The van der Waals surface area contributed by atoms with Gasteiger partial charge in [0.15, 0.2) is 0 Å². The van der Waals surface area contributed by atoms with Gasteiger partial charge < -0.3 is 5.32 Å². The van der Waals surface area contributed by atoms with Gasteiger partial charge in [0.1, 0.15) is 11.6 Å². The van der Waals surface area contributed by atoms with Crippen LogP contribution >= 0.6 is 0 Å². The number of nitro benzene ring substituents is 1. The average Bonchev–Trinajstić information content (AvgIpc) is 2.37. The van der Waals surface area contributed by atoms with Gasteiger partial charge in [-0.15, -0.1) is 0 Å². The lowest BCUT2D eigenvalue weighted by atomic mass is 10.0. The van der Waals surface area contributed by atoms with E-state index in [1.807, 2.05) is 0 Å². The van der Waals surface area contributed by atoms with Crippen molar-refractivity contribution in [1.82, 2.24) is 0 Å². The van der Waals surface area contributed by atoms with Crippen LogP contribution in [0.15, 0.2) is 36.4 Å². The van der Waals surface area contributed by atoms with Gasteiger partial charge in [-0.3, -0.25) is 10.1 Å². The Morgan fingerprint density at radius 2 is 1.76 bits per heavy atom. The Labute approximate surface area is 120 Å². The van der Waals surface area contributed by atoms with E-state index in [1.165, 1.54) is 18.2 Å². The standard InChI is InChI=1S/C15H14F2N2O2/c1-9-3-4-11(5-15(9)19(20)21)10(2)18-14-7-12(16)6-13(17)8-14/h3-8,10,18H,1-2H3. The largest absolute Gasteiger partial charge is 0.378 e. The zero-order valence-electron chi connectivity index (χ0n) is 11.6. The summed E-state index contributed by atoms with van der Waals surface area (Å²) in [6.45, 7) is 3.42. The van der Waals surface area contributed by atoms with Gasteiger partial charge in [-0.05, 0) is 31.5 Å². The van der Waals surface area contributed by atoms with Gasteiger partial charge >= 0.3 is 0 Å². The van der Waals surface area contributed by atoms with Crippen LogP contribution in [0.25, 0.3) is 0 Å². The maximum atomic E-state index is 13.1. The molecule has 0 saturated carbocycles. The van der Waals surface area contributed by atoms with E-state index < -0.39 is 16.6 Å². The predicted octanol–water partition coefficient (Wildman–Crippen LogP) is 4.35. The Hall–Kier alpha value is -2.50. The molecule has 0 bridgehead atoms. The molecular weight excluding hydrogens is 278 g/mol. The molecule has 0 fully saturated rings. The van der Waals surface area contributed by atoms with Crippen molar-refractivity contribution in [2.24, 2.45) is 0 Å². The second-order valence-electron chi connectivity index (χ2n) is 4.83. The number of benzene rings is 2. The van der Waals surface area contributed by atoms with Crippen molar-refractivity contribution >= 4 is 11.4 Å². The minimum absolute atomic E-state index is 0.0200. The SMILES string of the molecule is Cc1ccc(C(C)Nc2cc(F)cc(F)c2)cc1[N+](=O)[O-]. The highest BCUT2D eigenvalue weighted by Gasteiger charge is 2.14. The first kappa shape index (κ1) is 14.9. The molecule has 4 nitrogen and oxygen atoms in total. The lowest BCUT2D eigenvalue weighted by Crippen LogP contribution is -2.08. The number of nitro groups is 1. The second-order valence-corrected chi connectivity index (χ2v) is 4.83. The van der Waals surface area contributed by atoms with E-state index in [-0.39, 0.29) is 17.4 Å². The monoisotopic (exact) mass is 292 g/mol. The lowest BCUT2D eigenvalue weighted by molar-refractivity contribution is -0.385. The van der Waals surface area contributed by atoms with Crippen LogP contribution in [-0.4, -0.2) is 4.92 Å². The molecule has 0 aliphatic heterocycles. The summed E-state index contributed by atoms with van der Waals surface area (Å²) in [6.07, 6.45) is 0. The Kier molecular flexibility index (Phi) is 4.16. The van der Waals surface area contributed by atoms with Crippen LogP contribution in [-0.2, 0) is 0 Å². The number of aryl methyl sites for hydroxylation is 1. The fourth-order valence-corrected chi connectivity index (χ4v) is 2.06. The van der Waals surface area contributed by atoms with Gasteiger partial charge in [0.25, 0.3) is 5.69 Å². The van der Waals surface area contributed by atoms with Gasteiger partial charge in [-0.25, -0.2) is 8.78 Å². The van der Waals surface area contributed by atoms with Crippen LogP contribution in [0.1, 0.15) is 24.1 Å². The molecule has 2 rings (SSSR count). The van der Waals surface area contributed by atoms with E-state index in [1.54, 1.807) is 26.0 Å². The Balaban J connectivity index is 2.26. The van der Waals surface area contributed by atoms with Crippen LogP contribution in [0.2, 0.25) is 0 Å². The number of rotatable bonds is 4. The first-order chi connectivity index (χ1) is 9.86. The van der Waals surface area contributed by atoms with Crippen molar-refractivity contribution in [3.8, 4) is 0 Å². The van der Waals surface area contributed by atoms with Crippen molar-refractivity contribution in [2.45, 2.75) is 19.9 Å². The maximum Gasteiger partial charge on any atom is 0.272 e. The summed E-state index contributed by atoms with van der Waals surface area (Å²) in [6, 6.07) is 7.65. The van der Waals surface area contributed by atoms with Crippen LogP contribution in [0.5, 0.6) is 0 Å². The van der Waals surface area contributed by atoms with E-state index in [0.29, 0.717) is 11.1 Å². The number of hydrogen-bond donors (Lipinski definition) is 1. The fraction of sp³-hybridized carbons (Fsp3) is 0.200. The van der Waals surface area contributed by atoms with E-state index >= 15 is 0 Å². The van der Waals surface area contributed by atoms with Gasteiger partial charge in [-0.1, -0.05) is 12.1 Å². The van der Waals surface area contributed by atoms with Crippen molar-refractivity contribution in [3.05, 3.63) is 69.3 Å². The average molecular weight is 292 g/mol. The lowest BCUT2D eigenvalue weighted by Gasteiger charge is -2.16. The highest BCUT2D eigenvalue weighted by molar-refractivity contribution is 5.48. The maximum absolute atomic E-state index is 13.1. The minimum Gasteiger partial charge on any atom is -0.378 e. The molecule has 0 radical (unpaired) electrons. The second kappa shape index (κ2) is 5.87. The molecule has 0 saturated heterocycles. The third-order valence-corrected chi connectivity index (χ3v) is 3.18. The number of nitrogens with zero attached hydrogens (tertiary/aromatic N) is 1. The number of hydrogen-bond acceptors (Lipinski definition) is 3. The van der Waals surface area contributed by atoms with E-state index in [2.05, 4.69) is 5.32 Å². The topological polar surface area (TPSA) is 55.2 Å². The summed E-state index contributed by atoms with van der Waals surface area (Å²) in [5.41, 5.74) is 1.53. The molecule has 21 heavy (non-hydrogen) atoms. The summed E-state index contributed by atoms with van der Waals surface area (Å²) in [5.74, 6) is -1.36. The van der Waals surface area contributed by atoms with E-state index in [9.17, 15) is 18.9 Å². The molecular formula is C15H14F2N2O2. The third-order valence-electron chi connectivity index (χ3n) is 3.18. The first-order valence-corrected chi connectivity index (χ1v) is 6.34. The summed E-state index contributed by atoms with van der Waals surface area (Å²) in [7, 11) is 0. The molecule has 2 aromatic carbocycles. The third kappa shape index (κ3) is 3.53. The fourth-order valence-electron chi connectivity index (χ4n) is 2.06. The van der Waals surface area contributed by atoms with Gasteiger partial charge in [0, 0.05) is 29.4 Å². The Morgan fingerprint density at radius 1 is 1.14 bits per heavy atom. The summed E-state index contributed by atoms with van der Waals surface area (Å²) < 4.78 is 26.3. The summed E-state index contributed by atoms with van der Waals surface area (Å²) >= 11 is 0. The molecule has 0 aliphatic carbocycles. The van der Waals surface area contributed by atoms with Crippen molar-refractivity contribution in [1.29, 1.82) is 0 Å². The molecule has 6 heteroatoms. The highest BCUT2D eigenvalue weighted by Crippen LogP contribution is 2.26. The molecule has 1 unspecified atom stereocenters. The number of nitrogens with one attached hydrogen (secondary N) is 1. The molecule has 1 N–H and O–H groups in total. The van der Waals surface area contributed by atoms with Crippen LogP contribution in [0.4, 0.5) is 20.2 Å². The van der Waals surface area contributed by atoms with Crippen LogP contribution < -0.4 is 5.32 Å². The summed E-state index contributed by atoms with van der Waals surface area (Å²) in [4.78, 5) is 10.5. The summed E-state index contributed by atoms with van der Waals surface area (Å²) in [5, 5.41) is 13.9. The van der Waals surface area contributed by atoms with Crippen LogP contribution in [0, 0.1) is 28.7 Å². The van der Waals surface area contributed by atoms with Crippen molar-refractivity contribution in [3.63, 3.8) is 0 Å². The van der Waals surface area contributed by atoms with Crippen molar-refractivity contribution in [2.75, 3.05) is 5.32 Å². The molecule has 0 aliphatic rings. The van der Waals surface area contributed by atoms with Gasteiger partial charge in [0.2, 0.25) is 0 Å². The smallest absolute Gasteiger partial charge is 0.272 e. The predicted molar refractivity (Wildman–Crippen MR) is 76.2 cm³/mol. The Bertz CT molecular complexity index is 669. The molecule has 0 heterocycles. The molecule has 2 aromatic rings. The van der Waals surface area contributed by atoms with Crippen molar-refractivity contribution < 1.29 is 13.7 Å². The number of anilines is 1. The molecule has 0 amide bonds. The van der Waals surface area contributed by atoms with Gasteiger partial charge in [-0.2, -0.15) is 0 Å². The molecule has 110 valence electrons. The zero-order chi connectivity index (χ0) is 15.6. The number of halogens is 2. The molecule has 0 aromatic heterocycles. The van der Waals surface area contributed by atoms with Crippen LogP contribution in [0.3, 0.4) is 0 Å². The first-order valence-electron chi connectivity index (χ1n) is 6.34. The van der Waals surface area contributed by atoms with Gasteiger partial charge in [0.05, 0.1) is 4.92 Å². The normalized spacial score (nSPS) is 12.0. The Morgan fingerprint density at radius 3 is 2.33 bits per heavy atom. The zero-order valence-corrected chi connectivity index (χ0v) is 11.6. The highest BCUT2D eigenvalue weighted by atomic mass is 19.1. The molecule has 0 spiro atoms.